The van der Waals surface area contributed by atoms with Crippen molar-refractivity contribution in [1.82, 2.24) is 14.8 Å². The second-order valence-corrected chi connectivity index (χ2v) is 7.00. The van der Waals surface area contributed by atoms with E-state index >= 15 is 0 Å². The summed E-state index contributed by atoms with van der Waals surface area (Å²) in [5, 5.41) is 6.90. The Labute approximate surface area is 135 Å². The molecule has 120 valence electrons. The minimum atomic E-state index is -3.55. The predicted octanol–water partition coefficient (Wildman–Crippen LogP) is 1.75. The zero-order valence-corrected chi connectivity index (χ0v) is 13.7. The van der Waals surface area contributed by atoms with Crippen molar-refractivity contribution in [3.05, 3.63) is 36.5 Å². The molecule has 1 aromatic carbocycles. The van der Waals surface area contributed by atoms with Crippen LogP contribution in [-0.4, -0.2) is 43.6 Å². The van der Waals surface area contributed by atoms with Gasteiger partial charge in [0.15, 0.2) is 5.76 Å². The first-order valence-electron chi connectivity index (χ1n) is 6.82. The standard InChI is InChI=1S/C14H17N3O3S.ClH/c1-11-10-17(9-8-15-11)21(18,19)14-5-3-2-4-12(14)13-6-7-16-20-13;/h2-7,11,15H,8-10H2,1H3;1H/t11-;/m1./s1. The Morgan fingerprint density at radius 3 is 2.77 bits per heavy atom. The Morgan fingerprint density at radius 1 is 1.32 bits per heavy atom. The lowest BCUT2D eigenvalue weighted by molar-refractivity contribution is 0.310. The Bertz CT molecular complexity index is 719. The van der Waals surface area contributed by atoms with Crippen molar-refractivity contribution in [2.75, 3.05) is 19.6 Å². The molecule has 0 aliphatic carbocycles. The van der Waals surface area contributed by atoms with Crippen LogP contribution in [0.25, 0.3) is 11.3 Å². The number of piperazine rings is 1. The van der Waals surface area contributed by atoms with Crippen molar-refractivity contribution in [1.29, 1.82) is 0 Å². The third-order valence-electron chi connectivity index (χ3n) is 3.54. The summed E-state index contributed by atoms with van der Waals surface area (Å²) in [6.07, 6.45) is 1.51. The maximum atomic E-state index is 12.9. The highest BCUT2D eigenvalue weighted by Gasteiger charge is 2.30. The van der Waals surface area contributed by atoms with Gasteiger partial charge in [-0.2, -0.15) is 4.31 Å². The highest BCUT2D eigenvalue weighted by atomic mass is 35.5. The molecular weight excluding hydrogens is 326 g/mol. The summed E-state index contributed by atoms with van der Waals surface area (Å²) in [6, 6.07) is 8.66. The van der Waals surface area contributed by atoms with E-state index in [2.05, 4.69) is 10.5 Å². The molecule has 22 heavy (non-hydrogen) atoms. The van der Waals surface area contributed by atoms with Crippen LogP contribution in [0.1, 0.15) is 6.92 Å². The molecule has 1 aliphatic rings. The van der Waals surface area contributed by atoms with Gasteiger partial charge in [0.1, 0.15) is 0 Å². The second kappa shape index (κ2) is 6.78. The number of nitrogens with zero attached hydrogens (tertiary/aromatic N) is 2. The van der Waals surface area contributed by atoms with Gasteiger partial charge in [-0.3, -0.25) is 0 Å². The van der Waals surface area contributed by atoms with Gasteiger partial charge in [-0.05, 0) is 19.1 Å². The molecule has 8 heteroatoms. The lowest BCUT2D eigenvalue weighted by Crippen LogP contribution is -2.51. The Hall–Kier alpha value is -1.41. The third kappa shape index (κ3) is 3.17. The van der Waals surface area contributed by atoms with Crippen LogP contribution in [0.3, 0.4) is 0 Å². The summed E-state index contributed by atoms with van der Waals surface area (Å²) in [6.45, 7) is 3.57. The molecule has 0 radical (unpaired) electrons. The summed E-state index contributed by atoms with van der Waals surface area (Å²) < 4.78 is 32.4. The number of aromatic nitrogens is 1. The van der Waals surface area contributed by atoms with Gasteiger partial charge < -0.3 is 9.84 Å². The fourth-order valence-electron chi connectivity index (χ4n) is 2.50. The normalized spacial score (nSPS) is 19.6. The summed E-state index contributed by atoms with van der Waals surface area (Å²) in [4.78, 5) is 0.260. The number of sulfonamides is 1. The maximum Gasteiger partial charge on any atom is 0.243 e. The molecule has 0 saturated carbocycles. The number of rotatable bonds is 3. The van der Waals surface area contributed by atoms with Gasteiger partial charge in [0.05, 0.1) is 11.1 Å². The van der Waals surface area contributed by atoms with Crippen molar-refractivity contribution in [2.24, 2.45) is 0 Å². The average molecular weight is 344 g/mol. The van der Waals surface area contributed by atoms with Crippen LogP contribution >= 0.6 is 12.4 Å². The Kier molecular flexibility index (Phi) is 5.23. The molecule has 1 aromatic heterocycles. The minimum Gasteiger partial charge on any atom is -0.356 e. The highest BCUT2D eigenvalue weighted by molar-refractivity contribution is 7.89. The largest absolute Gasteiger partial charge is 0.356 e. The van der Waals surface area contributed by atoms with Crippen molar-refractivity contribution >= 4 is 22.4 Å². The van der Waals surface area contributed by atoms with Crippen LogP contribution in [-0.2, 0) is 10.0 Å². The Balaban J connectivity index is 0.00000176. The predicted molar refractivity (Wildman–Crippen MR) is 85.4 cm³/mol. The third-order valence-corrected chi connectivity index (χ3v) is 5.46. The first-order chi connectivity index (χ1) is 10.1. The van der Waals surface area contributed by atoms with E-state index in [4.69, 9.17) is 4.52 Å². The number of hydrogen-bond acceptors (Lipinski definition) is 5. The van der Waals surface area contributed by atoms with Crippen molar-refractivity contribution in [3.8, 4) is 11.3 Å². The Morgan fingerprint density at radius 2 is 2.09 bits per heavy atom. The molecule has 0 spiro atoms. The monoisotopic (exact) mass is 343 g/mol. The van der Waals surface area contributed by atoms with Gasteiger partial charge in [0.25, 0.3) is 0 Å². The molecule has 2 heterocycles. The molecule has 1 saturated heterocycles. The van der Waals surface area contributed by atoms with E-state index in [0.717, 1.165) is 0 Å². The number of halogens is 1. The van der Waals surface area contributed by atoms with Crippen molar-refractivity contribution in [2.45, 2.75) is 17.9 Å². The van der Waals surface area contributed by atoms with E-state index in [1.165, 1.54) is 10.5 Å². The molecule has 2 aromatic rings. The van der Waals surface area contributed by atoms with E-state index in [0.29, 0.717) is 31.0 Å². The van der Waals surface area contributed by atoms with Gasteiger partial charge in [-0.1, -0.05) is 17.3 Å². The molecule has 1 N–H and O–H groups in total. The summed E-state index contributed by atoms with van der Waals surface area (Å²) in [5.41, 5.74) is 0.543. The fourth-order valence-corrected chi connectivity index (χ4v) is 4.23. The highest BCUT2D eigenvalue weighted by Crippen LogP contribution is 2.29. The first kappa shape index (κ1) is 17.0. The van der Waals surface area contributed by atoms with Crippen LogP contribution in [0.15, 0.2) is 45.9 Å². The topological polar surface area (TPSA) is 75.4 Å². The van der Waals surface area contributed by atoms with Gasteiger partial charge >= 0.3 is 0 Å². The van der Waals surface area contributed by atoms with E-state index in [1.54, 1.807) is 30.3 Å². The number of hydrogen-bond donors (Lipinski definition) is 1. The molecule has 0 amide bonds. The zero-order valence-electron chi connectivity index (χ0n) is 12.1. The van der Waals surface area contributed by atoms with Crippen LogP contribution in [0.4, 0.5) is 0 Å². The van der Waals surface area contributed by atoms with E-state index in [1.807, 2.05) is 6.92 Å². The number of nitrogens with one attached hydrogen (secondary N) is 1. The quantitative estimate of drug-likeness (QED) is 0.918. The van der Waals surface area contributed by atoms with Crippen molar-refractivity contribution in [3.63, 3.8) is 0 Å². The van der Waals surface area contributed by atoms with Gasteiger partial charge in [-0.25, -0.2) is 8.42 Å². The van der Waals surface area contributed by atoms with Gasteiger partial charge in [0.2, 0.25) is 10.0 Å². The lowest BCUT2D eigenvalue weighted by Gasteiger charge is -2.31. The molecule has 3 rings (SSSR count). The van der Waals surface area contributed by atoms with Crippen LogP contribution in [0.5, 0.6) is 0 Å². The van der Waals surface area contributed by atoms with E-state index in [9.17, 15) is 8.42 Å². The lowest BCUT2D eigenvalue weighted by atomic mass is 10.2. The first-order valence-corrected chi connectivity index (χ1v) is 8.26. The average Bonchev–Trinajstić information content (AvgIpc) is 3.01. The SMILES string of the molecule is C[C@@H]1CN(S(=O)(=O)c2ccccc2-c2ccno2)CCN1.Cl. The minimum absolute atomic E-state index is 0. The molecule has 6 nitrogen and oxygen atoms in total. The molecular formula is C14H18ClN3O3S. The number of benzene rings is 1. The van der Waals surface area contributed by atoms with Gasteiger partial charge in [-0.15, -0.1) is 12.4 Å². The van der Waals surface area contributed by atoms with Crippen LogP contribution < -0.4 is 5.32 Å². The maximum absolute atomic E-state index is 12.9. The molecule has 1 fully saturated rings. The van der Waals surface area contributed by atoms with Crippen LogP contribution in [0.2, 0.25) is 0 Å². The van der Waals surface area contributed by atoms with Crippen molar-refractivity contribution < 1.29 is 12.9 Å². The summed E-state index contributed by atoms with van der Waals surface area (Å²) in [7, 11) is -3.55. The molecule has 1 atom stereocenters. The molecule has 0 unspecified atom stereocenters. The smallest absolute Gasteiger partial charge is 0.243 e. The molecule has 1 aliphatic heterocycles. The molecule has 0 bridgehead atoms. The van der Waals surface area contributed by atoms with Crippen LogP contribution in [0, 0.1) is 0 Å². The zero-order chi connectivity index (χ0) is 14.9. The summed E-state index contributed by atoms with van der Waals surface area (Å²) >= 11 is 0. The summed E-state index contributed by atoms with van der Waals surface area (Å²) in [5.74, 6) is 0.456. The fraction of sp³-hybridized carbons (Fsp3) is 0.357. The van der Waals surface area contributed by atoms with E-state index < -0.39 is 10.0 Å². The van der Waals surface area contributed by atoms with E-state index in [-0.39, 0.29) is 23.3 Å². The van der Waals surface area contributed by atoms with Gasteiger partial charge in [0, 0.05) is 37.3 Å². The second-order valence-electron chi connectivity index (χ2n) is 5.09.